The summed E-state index contributed by atoms with van der Waals surface area (Å²) in [6, 6.07) is 3.90. The summed E-state index contributed by atoms with van der Waals surface area (Å²) >= 11 is 0. The van der Waals surface area contributed by atoms with E-state index in [1.165, 1.54) is 0 Å². The van der Waals surface area contributed by atoms with Crippen molar-refractivity contribution in [3.05, 3.63) is 18.3 Å². The van der Waals surface area contributed by atoms with Gasteiger partial charge in [-0.2, -0.15) is 0 Å². The molecule has 4 nitrogen and oxygen atoms in total. The quantitative estimate of drug-likeness (QED) is 0.644. The Kier molecular flexibility index (Phi) is 3.52. The predicted molar refractivity (Wildman–Crippen MR) is 53.4 cm³/mol. The van der Waals surface area contributed by atoms with Gasteiger partial charge in [-0.25, -0.2) is 4.98 Å². The molecule has 0 aliphatic rings. The highest BCUT2D eigenvalue weighted by atomic mass is 16.3. The van der Waals surface area contributed by atoms with E-state index in [1.54, 1.807) is 6.20 Å². The number of nitrogens with zero attached hydrogens (tertiary/aromatic N) is 1. The van der Waals surface area contributed by atoms with Gasteiger partial charge in [-0.05, 0) is 25.5 Å². The fourth-order valence-electron chi connectivity index (χ4n) is 1.07. The maximum Gasteiger partial charge on any atom is 0.146 e. The summed E-state index contributed by atoms with van der Waals surface area (Å²) in [6.45, 7) is 2.16. The lowest BCUT2D eigenvalue weighted by Gasteiger charge is -2.14. The van der Waals surface area contributed by atoms with E-state index < -0.39 is 0 Å². The summed E-state index contributed by atoms with van der Waals surface area (Å²) in [7, 11) is 0. The minimum absolute atomic E-state index is 0.175. The van der Waals surface area contributed by atoms with Gasteiger partial charge < -0.3 is 16.2 Å². The molecule has 4 heteroatoms. The number of anilines is 2. The fraction of sp³-hybridized carbons (Fsp3) is 0.444. The Labute approximate surface area is 77.8 Å². The lowest BCUT2D eigenvalue weighted by atomic mass is 10.2. The third kappa shape index (κ3) is 2.91. The molecule has 0 aliphatic carbocycles. The van der Waals surface area contributed by atoms with Crippen LogP contribution in [0.3, 0.4) is 0 Å². The third-order valence-electron chi connectivity index (χ3n) is 1.80. The second-order valence-corrected chi connectivity index (χ2v) is 2.99. The number of aromatic nitrogens is 1. The summed E-state index contributed by atoms with van der Waals surface area (Å²) in [5.41, 5.74) is 6.45. The summed E-state index contributed by atoms with van der Waals surface area (Å²) in [5, 5.41) is 11.9. The Morgan fingerprint density at radius 3 is 3.08 bits per heavy atom. The van der Waals surface area contributed by atoms with E-state index in [9.17, 15) is 0 Å². The minimum Gasteiger partial charge on any atom is -0.396 e. The zero-order valence-electron chi connectivity index (χ0n) is 7.70. The summed E-state index contributed by atoms with van der Waals surface area (Å²) < 4.78 is 0. The Morgan fingerprint density at radius 2 is 2.46 bits per heavy atom. The van der Waals surface area contributed by atoms with Crippen LogP contribution in [0.2, 0.25) is 0 Å². The molecule has 0 aliphatic heterocycles. The van der Waals surface area contributed by atoms with Crippen molar-refractivity contribution in [2.24, 2.45) is 0 Å². The first-order valence-electron chi connectivity index (χ1n) is 4.32. The van der Waals surface area contributed by atoms with Gasteiger partial charge in [0, 0.05) is 18.8 Å². The van der Waals surface area contributed by atoms with Crippen molar-refractivity contribution in [1.29, 1.82) is 0 Å². The number of aliphatic hydroxyl groups is 1. The molecule has 1 aromatic heterocycles. The Morgan fingerprint density at radius 1 is 1.69 bits per heavy atom. The topological polar surface area (TPSA) is 71.2 Å². The Bertz CT molecular complexity index is 265. The number of hydrogen-bond donors (Lipinski definition) is 3. The van der Waals surface area contributed by atoms with Crippen LogP contribution >= 0.6 is 0 Å². The van der Waals surface area contributed by atoms with Gasteiger partial charge in [-0.3, -0.25) is 0 Å². The highest BCUT2D eigenvalue weighted by Crippen LogP contribution is 2.15. The molecule has 0 aromatic carbocycles. The average Bonchev–Trinajstić information content (AvgIpc) is 2.09. The molecule has 0 saturated heterocycles. The molecule has 0 saturated carbocycles. The number of nitrogen functional groups attached to an aromatic ring is 1. The van der Waals surface area contributed by atoms with E-state index in [2.05, 4.69) is 10.3 Å². The molecule has 4 N–H and O–H groups in total. The smallest absolute Gasteiger partial charge is 0.146 e. The van der Waals surface area contributed by atoms with E-state index in [1.807, 2.05) is 19.1 Å². The molecular formula is C9H15N3O. The first-order valence-corrected chi connectivity index (χ1v) is 4.32. The van der Waals surface area contributed by atoms with E-state index in [0.29, 0.717) is 12.2 Å². The normalized spacial score (nSPS) is 12.5. The van der Waals surface area contributed by atoms with Gasteiger partial charge in [0.15, 0.2) is 0 Å². The third-order valence-corrected chi connectivity index (χ3v) is 1.80. The Balaban J connectivity index is 2.58. The van der Waals surface area contributed by atoms with Crippen LogP contribution in [0.15, 0.2) is 18.3 Å². The van der Waals surface area contributed by atoms with Crippen molar-refractivity contribution in [1.82, 2.24) is 4.98 Å². The van der Waals surface area contributed by atoms with Crippen molar-refractivity contribution in [3.63, 3.8) is 0 Å². The molecule has 1 unspecified atom stereocenters. The van der Waals surface area contributed by atoms with Gasteiger partial charge in [0.25, 0.3) is 0 Å². The molecule has 13 heavy (non-hydrogen) atoms. The van der Waals surface area contributed by atoms with Crippen molar-refractivity contribution in [3.8, 4) is 0 Å². The Hall–Kier alpha value is -1.29. The maximum absolute atomic E-state index is 8.70. The van der Waals surface area contributed by atoms with Crippen molar-refractivity contribution < 1.29 is 5.11 Å². The monoisotopic (exact) mass is 181 g/mol. The summed E-state index contributed by atoms with van der Waals surface area (Å²) in [4.78, 5) is 3.95. The maximum atomic E-state index is 8.70. The molecular weight excluding hydrogens is 166 g/mol. The standard InChI is InChI=1S/C9H15N3O/c1-7(4-6-13)12-8-3-2-5-11-9(8)10/h2-3,5,7,12-13H,4,6H2,1H3,(H2,10,11). The van der Waals surface area contributed by atoms with Gasteiger partial charge >= 0.3 is 0 Å². The second kappa shape index (κ2) is 4.67. The molecule has 0 amide bonds. The van der Waals surface area contributed by atoms with Gasteiger partial charge in [-0.15, -0.1) is 0 Å². The molecule has 1 rings (SSSR count). The first-order chi connectivity index (χ1) is 6.24. The average molecular weight is 181 g/mol. The van der Waals surface area contributed by atoms with Crippen LogP contribution in [0.1, 0.15) is 13.3 Å². The SMILES string of the molecule is CC(CCO)Nc1cccnc1N. The molecule has 0 radical (unpaired) electrons. The highest BCUT2D eigenvalue weighted by molar-refractivity contribution is 5.61. The first kappa shape index (κ1) is 9.80. The number of pyridine rings is 1. The van der Waals surface area contributed by atoms with Crippen LogP contribution < -0.4 is 11.1 Å². The molecule has 0 bridgehead atoms. The minimum atomic E-state index is 0.175. The lowest BCUT2D eigenvalue weighted by molar-refractivity contribution is 0.282. The van der Waals surface area contributed by atoms with E-state index in [-0.39, 0.29) is 12.6 Å². The zero-order valence-corrected chi connectivity index (χ0v) is 7.70. The van der Waals surface area contributed by atoms with Crippen LogP contribution in [-0.2, 0) is 0 Å². The highest BCUT2D eigenvalue weighted by Gasteiger charge is 2.03. The largest absolute Gasteiger partial charge is 0.396 e. The van der Waals surface area contributed by atoms with Crippen molar-refractivity contribution in [2.45, 2.75) is 19.4 Å². The van der Waals surface area contributed by atoms with Gasteiger partial charge in [-0.1, -0.05) is 0 Å². The predicted octanol–water partition coefficient (Wildman–Crippen LogP) is 0.847. The van der Waals surface area contributed by atoms with Gasteiger partial charge in [0.05, 0.1) is 5.69 Å². The van der Waals surface area contributed by atoms with Crippen molar-refractivity contribution >= 4 is 11.5 Å². The summed E-state index contributed by atoms with van der Waals surface area (Å²) in [5.74, 6) is 0.493. The van der Waals surface area contributed by atoms with E-state index in [4.69, 9.17) is 10.8 Å². The van der Waals surface area contributed by atoms with Gasteiger partial charge in [0.2, 0.25) is 0 Å². The summed E-state index contributed by atoms with van der Waals surface area (Å²) in [6.07, 6.45) is 2.35. The van der Waals surface area contributed by atoms with Crippen LogP contribution in [0, 0.1) is 0 Å². The second-order valence-electron chi connectivity index (χ2n) is 2.99. The number of aliphatic hydroxyl groups excluding tert-OH is 1. The van der Waals surface area contributed by atoms with Crippen LogP contribution in [-0.4, -0.2) is 22.7 Å². The molecule has 1 atom stereocenters. The zero-order chi connectivity index (χ0) is 9.68. The number of hydrogen-bond acceptors (Lipinski definition) is 4. The molecule has 0 spiro atoms. The van der Waals surface area contributed by atoms with E-state index in [0.717, 1.165) is 5.69 Å². The van der Waals surface area contributed by atoms with E-state index >= 15 is 0 Å². The van der Waals surface area contributed by atoms with Gasteiger partial charge in [0.1, 0.15) is 5.82 Å². The lowest BCUT2D eigenvalue weighted by Crippen LogP contribution is -2.17. The van der Waals surface area contributed by atoms with Crippen molar-refractivity contribution in [2.75, 3.05) is 17.7 Å². The number of nitrogens with one attached hydrogen (secondary N) is 1. The number of rotatable bonds is 4. The molecule has 72 valence electrons. The number of nitrogens with two attached hydrogens (primary N) is 1. The molecule has 1 heterocycles. The fourth-order valence-corrected chi connectivity index (χ4v) is 1.07. The van der Waals surface area contributed by atoms with Crippen LogP contribution in [0.4, 0.5) is 11.5 Å². The van der Waals surface area contributed by atoms with Crippen LogP contribution in [0.25, 0.3) is 0 Å². The van der Waals surface area contributed by atoms with Crippen LogP contribution in [0.5, 0.6) is 0 Å². The molecule has 1 aromatic rings. The molecule has 0 fully saturated rings.